The van der Waals surface area contributed by atoms with Gasteiger partial charge < -0.3 is 4.90 Å². The normalized spacial score (nSPS) is 9.00. The van der Waals surface area contributed by atoms with E-state index in [1.807, 2.05) is 6.92 Å². The minimum Gasteiger partial charge on any atom is -0.377 e. The summed E-state index contributed by atoms with van der Waals surface area (Å²) in [7, 11) is 7.33. The van der Waals surface area contributed by atoms with Gasteiger partial charge in [-0.1, -0.05) is 25.1 Å². The van der Waals surface area contributed by atoms with Crippen LogP contribution in [-0.2, 0) is 0 Å². The molecule has 0 amide bonds. The van der Waals surface area contributed by atoms with E-state index in [-0.39, 0.29) is 0 Å². The fourth-order valence-corrected chi connectivity index (χ4v) is 1.22. The van der Waals surface area contributed by atoms with Crippen molar-refractivity contribution in [2.75, 3.05) is 19.0 Å². The van der Waals surface area contributed by atoms with Crippen LogP contribution in [-0.4, -0.2) is 24.3 Å². The van der Waals surface area contributed by atoms with Crippen LogP contribution in [0.4, 0.5) is 5.69 Å². The molecule has 0 aliphatic heterocycles. The zero-order chi connectivity index (χ0) is 11.1. The van der Waals surface area contributed by atoms with Gasteiger partial charge in [-0.2, -0.15) is 0 Å². The molecule has 1 rings (SSSR count). The van der Waals surface area contributed by atoms with Gasteiger partial charge in [0, 0.05) is 30.0 Å². The summed E-state index contributed by atoms with van der Waals surface area (Å²) < 4.78 is 0. The number of hydrogen-bond donors (Lipinski definition) is 0. The minimum absolute atomic E-state index is 1.06. The lowest BCUT2D eigenvalue weighted by molar-refractivity contribution is 1.10. The van der Waals surface area contributed by atoms with Crippen molar-refractivity contribution in [2.45, 2.75) is 26.8 Å². The average molecular weight is 206 g/mol. The number of anilines is 1. The molecule has 0 N–H and O–H groups in total. The van der Waals surface area contributed by atoms with Crippen molar-refractivity contribution in [1.82, 2.24) is 0 Å². The highest BCUT2D eigenvalue weighted by Crippen LogP contribution is 2.19. The smallest absolute Gasteiger partial charge is 0.0393 e. The lowest BCUT2D eigenvalue weighted by Gasteiger charge is -2.16. The maximum atomic E-state index is 3.18. The Kier molecular flexibility index (Phi) is 6.29. The summed E-state index contributed by atoms with van der Waals surface area (Å²) in [5.74, 6) is 0. The van der Waals surface area contributed by atoms with E-state index in [4.69, 9.17) is 0 Å². The summed E-state index contributed by atoms with van der Waals surface area (Å²) in [4.78, 5) is 2.14. The second-order valence-corrected chi connectivity index (χ2v) is 4.17. The zero-order valence-corrected chi connectivity index (χ0v) is 10.9. The van der Waals surface area contributed by atoms with Gasteiger partial charge in [-0.05, 0) is 31.0 Å². The first-order valence-corrected chi connectivity index (χ1v) is 5.63. The van der Waals surface area contributed by atoms with E-state index in [0.29, 0.717) is 0 Å². The van der Waals surface area contributed by atoms with E-state index >= 15 is 0 Å². The van der Waals surface area contributed by atoms with Gasteiger partial charge in [0.15, 0.2) is 0 Å². The molecule has 0 aromatic heterocycles. The second kappa shape index (κ2) is 6.66. The Morgan fingerprint density at radius 2 is 1.71 bits per heavy atom. The van der Waals surface area contributed by atoms with Crippen LogP contribution in [0.5, 0.6) is 0 Å². The van der Waals surface area contributed by atoms with Crippen LogP contribution in [0.15, 0.2) is 18.2 Å². The molecule has 0 saturated carbocycles. The molecular formula is C12H20NSi. The summed E-state index contributed by atoms with van der Waals surface area (Å²) in [5, 5.41) is 0. The van der Waals surface area contributed by atoms with Crippen LogP contribution in [0, 0.1) is 13.8 Å². The Hall–Kier alpha value is -0.763. The van der Waals surface area contributed by atoms with Gasteiger partial charge in [0.1, 0.15) is 0 Å². The van der Waals surface area contributed by atoms with Crippen LogP contribution >= 0.6 is 0 Å². The van der Waals surface area contributed by atoms with Crippen molar-refractivity contribution >= 4 is 15.9 Å². The number of benzene rings is 1. The molecule has 0 spiro atoms. The first kappa shape index (κ1) is 13.2. The zero-order valence-electron chi connectivity index (χ0n) is 9.89. The highest BCUT2D eigenvalue weighted by atomic mass is 28.1. The van der Waals surface area contributed by atoms with Gasteiger partial charge in [0.2, 0.25) is 0 Å². The summed E-state index contributed by atoms with van der Waals surface area (Å²) in [6, 6.07) is 7.43. The average Bonchev–Trinajstić information content (AvgIpc) is 2.10. The van der Waals surface area contributed by atoms with Crippen LogP contribution in [0.2, 0.25) is 6.04 Å². The number of rotatable bonds is 1. The molecule has 1 aromatic carbocycles. The van der Waals surface area contributed by atoms with E-state index < -0.39 is 0 Å². The summed E-state index contributed by atoms with van der Waals surface area (Å²) in [6.07, 6.45) is 0. The molecule has 0 aliphatic rings. The van der Waals surface area contributed by atoms with Gasteiger partial charge in [-0.15, -0.1) is 0 Å². The van der Waals surface area contributed by atoms with Crippen LogP contribution < -0.4 is 4.90 Å². The fraction of sp³-hybridized carbons (Fsp3) is 0.500. The third kappa shape index (κ3) is 3.96. The fourth-order valence-electron chi connectivity index (χ4n) is 1.22. The van der Waals surface area contributed by atoms with Crippen molar-refractivity contribution in [3.63, 3.8) is 0 Å². The molecule has 0 atom stereocenters. The van der Waals surface area contributed by atoms with E-state index in [0.717, 1.165) is 6.04 Å². The number of hydrogen-bond acceptors (Lipinski definition) is 1. The summed E-state index contributed by atoms with van der Waals surface area (Å²) in [5.41, 5.74) is 4.04. The van der Waals surface area contributed by atoms with E-state index in [1.54, 1.807) is 0 Å². The molecule has 3 radical (unpaired) electrons. The predicted octanol–water partition coefficient (Wildman–Crippen LogP) is 2.96. The standard InChI is InChI=1S/C10H15N.C2H5Si/c1-8-6-5-7-10(9(8)2)11(3)4;1-2-3/h5-7H,1-4H3;2H2,1H3. The molecule has 0 fully saturated rings. The topological polar surface area (TPSA) is 3.24 Å². The van der Waals surface area contributed by atoms with Gasteiger partial charge >= 0.3 is 0 Å². The molecule has 0 bridgehead atoms. The summed E-state index contributed by atoms with van der Waals surface area (Å²) >= 11 is 0. The van der Waals surface area contributed by atoms with Crippen molar-refractivity contribution < 1.29 is 0 Å². The maximum absolute atomic E-state index is 3.18. The SMILES string of the molecule is CC[Si].Cc1cccc(N(C)C)c1C. The molecule has 77 valence electrons. The monoisotopic (exact) mass is 206 g/mol. The Morgan fingerprint density at radius 3 is 2.07 bits per heavy atom. The predicted molar refractivity (Wildman–Crippen MR) is 66.5 cm³/mol. The molecule has 14 heavy (non-hydrogen) atoms. The van der Waals surface area contributed by atoms with Crippen LogP contribution in [0.1, 0.15) is 18.1 Å². The maximum Gasteiger partial charge on any atom is 0.0393 e. The Bertz CT molecular complexity index is 269. The van der Waals surface area contributed by atoms with Crippen molar-refractivity contribution in [3.8, 4) is 0 Å². The molecule has 2 heteroatoms. The van der Waals surface area contributed by atoms with Crippen LogP contribution in [0.25, 0.3) is 0 Å². The minimum atomic E-state index is 1.06. The lowest BCUT2D eigenvalue weighted by Crippen LogP contribution is -2.10. The highest BCUT2D eigenvalue weighted by Gasteiger charge is 2.00. The molecule has 0 heterocycles. The quantitative estimate of drug-likeness (QED) is 0.639. The van der Waals surface area contributed by atoms with Crippen molar-refractivity contribution in [1.29, 1.82) is 0 Å². The third-order valence-electron chi connectivity index (χ3n) is 2.06. The van der Waals surface area contributed by atoms with Gasteiger partial charge in [0.25, 0.3) is 0 Å². The van der Waals surface area contributed by atoms with Crippen molar-refractivity contribution in [2.24, 2.45) is 0 Å². The molecular weight excluding hydrogens is 186 g/mol. The highest BCUT2D eigenvalue weighted by molar-refractivity contribution is 6.08. The van der Waals surface area contributed by atoms with Crippen molar-refractivity contribution in [3.05, 3.63) is 29.3 Å². The molecule has 0 unspecified atom stereocenters. The molecule has 0 aliphatic carbocycles. The van der Waals surface area contributed by atoms with E-state index in [9.17, 15) is 0 Å². The molecule has 1 nitrogen and oxygen atoms in total. The van der Waals surface area contributed by atoms with Crippen LogP contribution in [0.3, 0.4) is 0 Å². The number of aryl methyl sites for hydroxylation is 1. The molecule has 1 aromatic rings. The first-order chi connectivity index (χ1) is 6.54. The van der Waals surface area contributed by atoms with Gasteiger partial charge in [-0.3, -0.25) is 0 Å². The lowest BCUT2D eigenvalue weighted by atomic mass is 10.1. The Labute approximate surface area is 91.6 Å². The van der Waals surface area contributed by atoms with E-state index in [2.05, 4.69) is 61.3 Å². The third-order valence-corrected chi connectivity index (χ3v) is 2.06. The molecule has 0 saturated heterocycles. The van der Waals surface area contributed by atoms with Gasteiger partial charge in [-0.25, -0.2) is 0 Å². The largest absolute Gasteiger partial charge is 0.377 e. The first-order valence-electron chi connectivity index (χ1n) is 4.92. The van der Waals surface area contributed by atoms with E-state index in [1.165, 1.54) is 16.8 Å². The Balaban J connectivity index is 0.000000500. The van der Waals surface area contributed by atoms with Gasteiger partial charge in [0.05, 0.1) is 0 Å². The second-order valence-electron chi connectivity index (χ2n) is 3.47. The summed E-state index contributed by atoms with van der Waals surface area (Å²) in [6.45, 7) is 6.34. The number of nitrogens with zero attached hydrogens (tertiary/aromatic N) is 1. The Morgan fingerprint density at radius 1 is 1.21 bits per heavy atom.